The molecule has 2 aliphatic carbocycles. The molecule has 1 unspecified atom stereocenters. The quantitative estimate of drug-likeness (QED) is 0.199. The predicted molar refractivity (Wildman–Crippen MR) is 215 cm³/mol. The number of hydrogen-bond acceptors (Lipinski definition) is 5. The van der Waals surface area contributed by atoms with Gasteiger partial charge in [-0.3, -0.25) is 4.98 Å². The molecule has 7 aromatic carbocycles. The lowest BCUT2D eigenvalue weighted by molar-refractivity contribution is 0.480. The Morgan fingerprint density at radius 1 is 0.370 bits per heavy atom. The SMILES string of the molecule is Oc1ccc(-c2ccc3c(c2)C2(c4ccccc4-c4ccc(-c5nc(-c6ccccc6)nc(-c6ccccc6)n5)cc42)c2ccccc2-3)c2cccnc12. The number of pyridine rings is 1. The molecular weight excluding hydrogens is 661 g/mol. The number of nitrogens with zero attached hydrogens (tertiary/aromatic N) is 4. The van der Waals surface area contributed by atoms with Gasteiger partial charge in [0.1, 0.15) is 11.3 Å². The van der Waals surface area contributed by atoms with Crippen molar-refractivity contribution < 1.29 is 5.11 Å². The number of benzene rings is 7. The molecule has 9 aromatic rings. The van der Waals surface area contributed by atoms with Gasteiger partial charge in [0.25, 0.3) is 0 Å². The number of fused-ring (bicyclic) bond motifs is 11. The van der Waals surface area contributed by atoms with E-state index in [1.165, 1.54) is 44.5 Å². The minimum Gasteiger partial charge on any atom is -0.506 e. The first-order valence-corrected chi connectivity index (χ1v) is 18.1. The lowest BCUT2D eigenvalue weighted by Gasteiger charge is -2.31. The minimum absolute atomic E-state index is 0.176. The molecule has 0 amide bonds. The normalized spacial score (nSPS) is 14.8. The Kier molecular flexibility index (Phi) is 6.55. The van der Waals surface area contributed by atoms with Gasteiger partial charge in [-0.15, -0.1) is 0 Å². The molecule has 2 heterocycles. The Morgan fingerprint density at radius 3 is 1.46 bits per heavy atom. The number of phenols is 1. The average Bonchev–Trinajstić information content (AvgIpc) is 3.71. The Bertz CT molecular complexity index is 2890. The van der Waals surface area contributed by atoms with E-state index in [9.17, 15) is 5.11 Å². The smallest absolute Gasteiger partial charge is 0.164 e. The highest BCUT2D eigenvalue weighted by Gasteiger charge is 2.51. The summed E-state index contributed by atoms with van der Waals surface area (Å²) < 4.78 is 0. The van der Waals surface area contributed by atoms with E-state index in [-0.39, 0.29) is 5.75 Å². The fraction of sp³-hybridized carbons (Fsp3) is 0.0204. The summed E-state index contributed by atoms with van der Waals surface area (Å²) >= 11 is 0. The largest absolute Gasteiger partial charge is 0.506 e. The zero-order valence-electron chi connectivity index (χ0n) is 29.0. The molecule has 11 rings (SSSR count). The van der Waals surface area contributed by atoms with Gasteiger partial charge < -0.3 is 5.11 Å². The van der Waals surface area contributed by atoms with Crippen molar-refractivity contribution in [1.29, 1.82) is 0 Å². The number of rotatable bonds is 4. The van der Waals surface area contributed by atoms with Crippen LogP contribution in [0.2, 0.25) is 0 Å². The third kappa shape index (κ3) is 4.33. The first-order valence-electron chi connectivity index (χ1n) is 18.1. The maximum absolute atomic E-state index is 10.7. The Balaban J connectivity index is 1.18. The summed E-state index contributed by atoms with van der Waals surface area (Å²) in [5.41, 5.74) is 14.7. The topological polar surface area (TPSA) is 71.8 Å². The van der Waals surface area contributed by atoms with Crippen molar-refractivity contribution in [3.8, 4) is 73.3 Å². The third-order valence-corrected chi connectivity index (χ3v) is 11.1. The molecular formula is C49H30N4O. The molecule has 2 aromatic heterocycles. The zero-order chi connectivity index (χ0) is 35.8. The van der Waals surface area contributed by atoms with Crippen molar-refractivity contribution in [2.24, 2.45) is 0 Å². The van der Waals surface area contributed by atoms with Crippen LogP contribution >= 0.6 is 0 Å². The number of aromatic hydroxyl groups is 1. The van der Waals surface area contributed by atoms with Gasteiger partial charge in [-0.1, -0.05) is 140 Å². The van der Waals surface area contributed by atoms with Crippen molar-refractivity contribution >= 4 is 10.9 Å². The van der Waals surface area contributed by atoms with E-state index in [0.717, 1.165) is 33.2 Å². The van der Waals surface area contributed by atoms with Crippen LogP contribution in [0.5, 0.6) is 5.75 Å². The van der Waals surface area contributed by atoms with Gasteiger partial charge in [0.05, 0.1) is 5.41 Å². The third-order valence-electron chi connectivity index (χ3n) is 11.1. The van der Waals surface area contributed by atoms with Crippen molar-refractivity contribution in [2.75, 3.05) is 0 Å². The van der Waals surface area contributed by atoms with E-state index < -0.39 is 5.41 Å². The van der Waals surface area contributed by atoms with E-state index in [4.69, 9.17) is 15.0 Å². The molecule has 1 spiro atoms. The highest BCUT2D eigenvalue weighted by molar-refractivity contribution is 6.00. The van der Waals surface area contributed by atoms with Gasteiger partial charge in [0, 0.05) is 28.3 Å². The summed E-state index contributed by atoms with van der Waals surface area (Å²) in [5.74, 6) is 2.07. The average molecular weight is 691 g/mol. The van der Waals surface area contributed by atoms with Crippen LogP contribution in [0.4, 0.5) is 0 Å². The zero-order valence-corrected chi connectivity index (χ0v) is 29.0. The molecule has 0 aliphatic heterocycles. The predicted octanol–water partition coefficient (Wildman–Crippen LogP) is 11.1. The highest BCUT2D eigenvalue weighted by Crippen LogP contribution is 2.63. The summed E-state index contributed by atoms with van der Waals surface area (Å²) in [6, 6.07) is 59.1. The lowest BCUT2D eigenvalue weighted by Crippen LogP contribution is -2.26. The number of aromatic nitrogens is 4. The molecule has 0 bridgehead atoms. The lowest BCUT2D eigenvalue weighted by atomic mass is 9.70. The molecule has 0 radical (unpaired) electrons. The first-order chi connectivity index (χ1) is 26.7. The van der Waals surface area contributed by atoms with Crippen molar-refractivity contribution in [2.45, 2.75) is 5.41 Å². The molecule has 5 heteroatoms. The molecule has 252 valence electrons. The van der Waals surface area contributed by atoms with E-state index in [0.29, 0.717) is 23.0 Å². The minimum atomic E-state index is -0.591. The van der Waals surface area contributed by atoms with Gasteiger partial charge in [-0.25, -0.2) is 15.0 Å². The number of phenolic OH excluding ortho intramolecular Hbond substituents is 1. The van der Waals surface area contributed by atoms with Crippen molar-refractivity contribution in [3.63, 3.8) is 0 Å². The van der Waals surface area contributed by atoms with Crippen molar-refractivity contribution in [3.05, 3.63) is 198 Å². The summed E-state index contributed by atoms with van der Waals surface area (Å²) in [4.78, 5) is 19.7. The standard InChI is InChI=1S/C49H30N4O/c54-44-26-25-34(39-18-11-27-50-45(39)44)32-21-23-37-35-16-7-9-19-40(35)49(42(37)28-32)41-20-10-8-17-36(41)38-24-22-33(29-43(38)49)48-52-46(30-12-3-1-4-13-30)51-47(53-48)31-14-5-2-6-15-31/h1-29,54H. The Morgan fingerprint density at radius 2 is 0.852 bits per heavy atom. The summed E-state index contributed by atoms with van der Waals surface area (Å²) in [5, 5.41) is 11.6. The van der Waals surface area contributed by atoms with Crippen LogP contribution in [0, 0.1) is 0 Å². The van der Waals surface area contributed by atoms with E-state index in [2.05, 4.69) is 89.9 Å². The van der Waals surface area contributed by atoms with Gasteiger partial charge in [-0.2, -0.15) is 0 Å². The first kappa shape index (κ1) is 30.4. The second kappa shape index (κ2) is 11.6. The van der Waals surface area contributed by atoms with Gasteiger partial charge in [-0.05, 0) is 86.0 Å². The summed E-state index contributed by atoms with van der Waals surface area (Å²) in [6.45, 7) is 0. The number of hydrogen-bond donors (Lipinski definition) is 1. The molecule has 5 nitrogen and oxygen atoms in total. The van der Waals surface area contributed by atoms with Gasteiger partial charge >= 0.3 is 0 Å². The molecule has 0 saturated carbocycles. The monoisotopic (exact) mass is 690 g/mol. The van der Waals surface area contributed by atoms with E-state index in [1.807, 2.05) is 78.9 Å². The molecule has 1 atom stereocenters. The van der Waals surface area contributed by atoms with Crippen LogP contribution in [0.15, 0.2) is 176 Å². The Hall–Kier alpha value is -7.24. The van der Waals surface area contributed by atoms with Gasteiger partial charge in [0.15, 0.2) is 17.5 Å². The molecule has 2 aliphatic rings. The Labute approximate surface area is 312 Å². The van der Waals surface area contributed by atoms with Crippen LogP contribution in [0.1, 0.15) is 22.3 Å². The van der Waals surface area contributed by atoms with Crippen LogP contribution in [-0.4, -0.2) is 25.0 Å². The van der Waals surface area contributed by atoms with Crippen LogP contribution in [0.3, 0.4) is 0 Å². The maximum atomic E-state index is 10.7. The second-order valence-corrected chi connectivity index (χ2v) is 13.9. The van der Waals surface area contributed by atoms with Gasteiger partial charge in [0.2, 0.25) is 0 Å². The fourth-order valence-electron chi connectivity index (χ4n) is 8.79. The second-order valence-electron chi connectivity index (χ2n) is 13.9. The van der Waals surface area contributed by atoms with Crippen LogP contribution in [-0.2, 0) is 5.41 Å². The van der Waals surface area contributed by atoms with Crippen LogP contribution in [0.25, 0.3) is 78.4 Å². The summed E-state index contributed by atoms with van der Waals surface area (Å²) in [6.07, 6.45) is 1.72. The molecule has 54 heavy (non-hydrogen) atoms. The maximum Gasteiger partial charge on any atom is 0.164 e. The van der Waals surface area contributed by atoms with E-state index in [1.54, 1.807) is 12.3 Å². The highest BCUT2D eigenvalue weighted by atomic mass is 16.3. The molecule has 0 fully saturated rings. The summed E-state index contributed by atoms with van der Waals surface area (Å²) in [7, 11) is 0. The van der Waals surface area contributed by atoms with E-state index >= 15 is 0 Å². The van der Waals surface area contributed by atoms with Crippen LogP contribution < -0.4 is 0 Å². The molecule has 0 saturated heterocycles. The molecule has 1 N–H and O–H groups in total. The van der Waals surface area contributed by atoms with Crippen molar-refractivity contribution in [1.82, 2.24) is 19.9 Å². The fourth-order valence-corrected chi connectivity index (χ4v) is 8.79.